The summed E-state index contributed by atoms with van der Waals surface area (Å²) in [6.45, 7) is 7.47. The third-order valence-corrected chi connectivity index (χ3v) is 2.35. The van der Waals surface area contributed by atoms with Crippen LogP contribution in [-0.4, -0.2) is 11.1 Å². The Morgan fingerprint density at radius 2 is 2.08 bits per heavy atom. The quantitative estimate of drug-likeness (QED) is 0.659. The monoisotopic (exact) mass is 170 g/mol. The predicted octanol–water partition coefficient (Wildman–Crippen LogP) is 2.70. The zero-order chi connectivity index (χ0) is 9.78. The average Bonchev–Trinajstić information content (AvgIpc) is 1.99. The zero-order valence-electron chi connectivity index (χ0n) is 8.29. The summed E-state index contributed by atoms with van der Waals surface area (Å²) in [5.41, 5.74) is -0.661. The van der Waals surface area contributed by atoms with Crippen LogP contribution < -0.4 is 0 Å². The van der Waals surface area contributed by atoms with Crippen LogP contribution in [0.2, 0.25) is 0 Å². The molecule has 0 fully saturated rings. The van der Waals surface area contributed by atoms with Crippen molar-refractivity contribution >= 4 is 5.97 Å². The Balaban J connectivity index is 4.35. The van der Waals surface area contributed by atoms with Gasteiger partial charge in [-0.25, -0.2) is 0 Å². The summed E-state index contributed by atoms with van der Waals surface area (Å²) < 4.78 is 0. The van der Waals surface area contributed by atoms with Crippen molar-refractivity contribution in [2.45, 2.75) is 34.1 Å². The number of hydrogen-bond acceptors (Lipinski definition) is 1. The van der Waals surface area contributed by atoms with Gasteiger partial charge in [0.15, 0.2) is 0 Å². The van der Waals surface area contributed by atoms with Gasteiger partial charge in [0.25, 0.3) is 0 Å². The van der Waals surface area contributed by atoms with Crippen LogP contribution in [0.25, 0.3) is 0 Å². The van der Waals surface area contributed by atoms with E-state index in [1.165, 1.54) is 0 Å². The van der Waals surface area contributed by atoms with Crippen molar-refractivity contribution in [3.8, 4) is 0 Å². The molecule has 0 bridgehead atoms. The van der Waals surface area contributed by atoms with E-state index in [2.05, 4.69) is 0 Å². The first-order chi connectivity index (χ1) is 5.42. The first-order valence-corrected chi connectivity index (χ1v) is 4.33. The molecule has 1 N–H and O–H groups in total. The van der Waals surface area contributed by atoms with Gasteiger partial charge in [-0.3, -0.25) is 4.79 Å². The van der Waals surface area contributed by atoms with E-state index in [1.54, 1.807) is 13.8 Å². The molecule has 0 radical (unpaired) electrons. The van der Waals surface area contributed by atoms with Gasteiger partial charge in [-0.2, -0.15) is 0 Å². The van der Waals surface area contributed by atoms with Crippen LogP contribution >= 0.6 is 0 Å². The summed E-state index contributed by atoms with van der Waals surface area (Å²) in [5, 5.41) is 8.88. The Kier molecular flexibility index (Phi) is 4.01. The van der Waals surface area contributed by atoms with Gasteiger partial charge in [-0.1, -0.05) is 26.0 Å². The normalized spacial score (nSPS) is 15.0. The topological polar surface area (TPSA) is 37.3 Å². The highest BCUT2D eigenvalue weighted by molar-refractivity contribution is 5.74. The molecular formula is C10H18O2. The van der Waals surface area contributed by atoms with Gasteiger partial charge >= 0.3 is 5.97 Å². The van der Waals surface area contributed by atoms with Crippen molar-refractivity contribution in [2.75, 3.05) is 0 Å². The van der Waals surface area contributed by atoms with Crippen LogP contribution in [0, 0.1) is 11.3 Å². The lowest BCUT2D eigenvalue weighted by atomic mass is 9.80. The second kappa shape index (κ2) is 4.29. The molecule has 0 aromatic rings. The van der Waals surface area contributed by atoms with Crippen LogP contribution in [0.3, 0.4) is 0 Å². The van der Waals surface area contributed by atoms with E-state index in [1.807, 2.05) is 26.0 Å². The van der Waals surface area contributed by atoms with Gasteiger partial charge in [-0.05, 0) is 26.2 Å². The van der Waals surface area contributed by atoms with E-state index >= 15 is 0 Å². The molecule has 0 spiro atoms. The highest BCUT2D eigenvalue weighted by Crippen LogP contribution is 2.27. The Morgan fingerprint density at radius 3 is 2.42 bits per heavy atom. The smallest absolute Gasteiger partial charge is 0.309 e. The lowest BCUT2D eigenvalue weighted by Gasteiger charge is -2.24. The Labute approximate surface area is 74.3 Å². The Bertz CT molecular complexity index is 180. The minimum absolute atomic E-state index is 0.0787. The van der Waals surface area contributed by atoms with Gasteiger partial charge in [0.1, 0.15) is 0 Å². The number of hydrogen-bond donors (Lipinski definition) is 1. The SMILES string of the molecule is CCC=CC(C)C(C)(C)C(=O)O. The maximum absolute atomic E-state index is 10.8. The number of aliphatic carboxylic acids is 1. The van der Waals surface area contributed by atoms with Crippen LogP contribution in [0.4, 0.5) is 0 Å². The fraction of sp³-hybridized carbons (Fsp3) is 0.700. The van der Waals surface area contributed by atoms with Crippen molar-refractivity contribution < 1.29 is 9.90 Å². The molecule has 12 heavy (non-hydrogen) atoms. The molecule has 0 heterocycles. The summed E-state index contributed by atoms with van der Waals surface area (Å²) in [7, 11) is 0. The van der Waals surface area contributed by atoms with Crippen molar-refractivity contribution in [1.82, 2.24) is 0 Å². The van der Waals surface area contributed by atoms with Gasteiger partial charge in [-0.15, -0.1) is 0 Å². The largest absolute Gasteiger partial charge is 0.481 e. The maximum atomic E-state index is 10.8. The van der Waals surface area contributed by atoms with E-state index in [4.69, 9.17) is 5.11 Å². The Morgan fingerprint density at radius 1 is 1.58 bits per heavy atom. The first-order valence-electron chi connectivity index (χ1n) is 4.33. The van der Waals surface area contributed by atoms with Gasteiger partial charge in [0.2, 0.25) is 0 Å². The molecule has 0 aromatic carbocycles. The van der Waals surface area contributed by atoms with Crippen molar-refractivity contribution in [3.05, 3.63) is 12.2 Å². The van der Waals surface area contributed by atoms with E-state index in [9.17, 15) is 4.79 Å². The molecule has 70 valence electrons. The second-order valence-corrected chi connectivity index (χ2v) is 3.65. The highest BCUT2D eigenvalue weighted by atomic mass is 16.4. The summed E-state index contributed by atoms with van der Waals surface area (Å²) in [4.78, 5) is 10.8. The molecule has 0 rings (SSSR count). The molecule has 0 amide bonds. The molecule has 0 saturated heterocycles. The molecule has 0 aliphatic heterocycles. The lowest BCUT2D eigenvalue weighted by Crippen LogP contribution is -2.29. The van der Waals surface area contributed by atoms with E-state index in [0.29, 0.717) is 0 Å². The van der Waals surface area contributed by atoms with Gasteiger partial charge < -0.3 is 5.11 Å². The van der Waals surface area contributed by atoms with E-state index < -0.39 is 11.4 Å². The minimum atomic E-state index is -0.740. The number of carbonyl (C=O) groups is 1. The standard InChI is InChI=1S/C10H18O2/c1-5-6-7-8(2)10(3,4)9(11)12/h6-8H,5H2,1-4H3,(H,11,12). The maximum Gasteiger partial charge on any atom is 0.309 e. The van der Waals surface area contributed by atoms with Crippen LogP contribution in [0.15, 0.2) is 12.2 Å². The van der Waals surface area contributed by atoms with Gasteiger partial charge in [0.05, 0.1) is 5.41 Å². The highest BCUT2D eigenvalue weighted by Gasteiger charge is 2.31. The van der Waals surface area contributed by atoms with Crippen LogP contribution in [0.1, 0.15) is 34.1 Å². The molecule has 2 nitrogen and oxygen atoms in total. The number of carboxylic acid groups (broad SMARTS) is 1. The molecule has 0 saturated carbocycles. The van der Waals surface area contributed by atoms with Crippen molar-refractivity contribution in [3.63, 3.8) is 0 Å². The summed E-state index contributed by atoms with van der Waals surface area (Å²) in [6, 6.07) is 0. The van der Waals surface area contributed by atoms with Gasteiger partial charge in [0, 0.05) is 0 Å². The molecule has 1 unspecified atom stereocenters. The second-order valence-electron chi connectivity index (χ2n) is 3.65. The molecule has 2 heteroatoms. The van der Waals surface area contributed by atoms with E-state index in [0.717, 1.165) is 6.42 Å². The van der Waals surface area contributed by atoms with Crippen molar-refractivity contribution in [1.29, 1.82) is 0 Å². The third-order valence-electron chi connectivity index (χ3n) is 2.35. The zero-order valence-corrected chi connectivity index (χ0v) is 8.29. The number of rotatable bonds is 4. The minimum Gasteiger partial charge on any atom is -0.481 e. The fourth-order valence-electron chi connectivity index (χ4n) is 0.776. The van der Waals surface area contributed by atoms with Crippen LogP contribution in [-0.2, 0) is 4.79 Å². The first kappa shape index (κ1) is 11.2. The fourth-order valence-corrected chi connectivity index (χ4v) is 0.776. The predicted molar refractivity (Wildman–Crippen MR) is 50.0 cm³/mol. The van der Waals surface area contributed by atoms with Crippen LogP contribution in [0.5, 0.6) is 0 Å². The Hall–Kier alpha value is -0.790. The van der Waals surface area contributed by atoms with Crippen molar-refractivity contribution in [2.24, 2.45) is 11.3 Å². The number of allylic oxidation sites excluding steroid dienone is 2. The summed E-state index contributed by atoms with van der Waals surface area (Å²) in [6.07, 6.45) is 4.93. The van der Waals surface area contributed by atoms with E-state index in [-0.39, 0.29) is 5.92 Å². The summed E-state index contributed by atoms with van der Waals surface area (Å²) in [5.74, 6) is -0.661. The lowest BCUT2D eigenvalue weighted by molar-refractivity contribution is -0.148. The molecule has 1 atom stereocenters. The molecular weight excluding hydrogens is 152 g/mol. The molecule has 0 aliphatic rings. The molecule has 0 aromatic heterocycles. The summed E-state index contributed by atoms with van der Waals surface area (Å²) >= 11 is 0. The molecule has 0 aliphatic carbocycles. The third kappa shape index (κ3) is 2.68. The number of carboxylic acids is 1. The average molecular weight is 170 g/mol.